The highest BCUT2D eigenvalue weighted by Gasteiger charge is 2.42. The van der Waals surface area contributed by atoms with E-state index in [-0.39, 0.29) is 12.1 Å². The van der Waals surface area contributed by atoms with Crippen molar-refractivity contribution in [2.24, 2.45) is 17.8 Å². The number of ether oxygens (including phenoxy) is 1. The third-order valence-corrected chi connectivity index (χ3v) is 5.58. The highest BCUT2D eigenvalue weighted by molar-refractivity contribution is 5.74. The summed E-state index contributed by atoms with van der Waals surface area (Å²) in [5.74, 6) is 2.33. The van der Waals surface area contributed by atoms with Crippen molar-refractivity contribution in [3.05, 3.63) is 0 Å². The van der Waals surface area contributed by atoms with Gasteiger partial charge in [-0.05, 0) is 50.9 Å². The van der Waals surface area contributed by atoms with Gasteiger partial charge in [-0.3, -0.25) is 0 Å². The van der Waals surface area contributed by atoms with Crippen molar-refractivity contribution in [1.82, 2.24) is 10.2 Å². The molecule has 2 aliphatic carbocycles. The number of nitriles is 1. The molecule has 3 rings (SSSR count). The number of urea groups is 1. The lowest BCUT2D eigenvalue weighted by Crippen LogP contribution is -2.56. The Hall–Kier alpha value is -1.28. The fraction of sp³-hybridized carbons (Fsp3) is 0.875. The molecule has 1 aliphatic heterocycles. The Bertz CT molecular complexity index is 461. The van der Waals surface area contributed by atoms with E-state index in [4.69, 9.17) is 10.00 Å². The minimum atomic E-state index is -0.870. The Morgan fingerprint density at radius 1 is 1.48 bits per heavy atom. The third-order valence-electron chi connectivity index (χ3n) is 5.58. The molecule has 5 unspecified atom stereocenters. The number of carbonyl (C=O) groups excluding carboxylic acids is 1. The smallest absolute Gasteiger partial charge is 0.317 e. The van der Waals surface area contributed by atoms with Crippen LogP contribution in [0.1, 0.15) is 39.5 Å². The van der Waals surface area contributed by atoms with Crippen LogP contribution in [0.5, 0.6) is 0 Å². The van der Waals surface area contributed by atoms with Gasteiger partial charge in [0.2, 0.25) is 0 Å². The minimum absolute atomic E-state index is 0.0463. The summed E-state index contributed by atoms with van der Waals surface area (Å²) in [6, 6.07) is 2.33. The van der Waals surface area contributed by atoms with Gasteiger partial charge in [-0.1, -0.05) is 6.42 Å². The summed E-state index contributed by atoms with van der Waals surface area (Å²) in [5, 5.41) is 12.3. The molecule has 2 amide bonds. The van der Waals surface area contributed by atoms with Gasteiger partial charge >= 0.3 is 6.03 Å². The summed E-state index contributed by atoms with van der Waals surface area (Å²) in [7, 11) is 0. The van der Waals surface area contributed by atoms with Crippen LogP contribution in [-0.4, -0.2) is 42.3 Å². The Morgan fingerprint density at radius 3 is 2.90 bits per heavy atom. The number of hydrogen-bond acceptors (Lipinski definition) is 3. The molecule has 5 atom stereocenters. The zero-order valence-corrected chi connectivity index (χ0v) is 13.0. The van der Waals surface area contributed by atoms with Crippen molar-refractivity contribution < 1.29 is 9.53 Å². The van der Waals surface area contributed by atoms with Gasteiger partial charge < -0.3 is 15.0 Å². The van der Waals surface area contributed by atoms with Gasteiger partial charge in [0.05, 0.1) is 19.2 Å². The van der Waals surface area contributed by atoms with Crippen LogP contribution in [0, 0.1) is 29.1 Å². The van der Waals surface area contributed by atoms with E-state index in [1.54, 1.807) is 11.8 Å². The van der Waals surface area contributed by atoms with Crippen molar-refractivity contribution in [3.63, 3.8) is 0 Å². The first-order chi connectivity index (χ1) is 10.0. The maximum Gasteiger partial charge on any atom is 0.317 e. The van der Waals surface area contributed by atoms with Crippen LogP contribution < -0.4 is 5.32 Å². The summed E-state index contributed by atoms with van der Waals surface area (Å²) in [6.07, 6.45) is 5.34. The van der Waals surface area contributed by atoms with Crippen LogP contribution in [0.3, 0.4) is 0 Å². The molecule has 2 bridgehead atoms. The largest absolute Gasteiger partial charge is 0.357 e. The number of hydrogen-bond donors (Lipinski definition) is 1. The monoisotopic (exact) mass is 291 g/mol. The summed E-state index contributed by atoms with van der Waals surface area (Å²) < 4.78 is 5.46. The predicted molar refractivity (Wildman–Crippen MR) is 78.5 cm³/mol. The average Bonchev–Trinajstić information content (AvgIpc) is 3.10. The van der Waals surface area contributed by atoms with Crippen LogP contribution in [0.15, 0.2) is 0 Å². The molecule has 0 spiro atoms. The molecule has 0 aromatic rings. The van der Waals surface area contributed by atoms with Crippen molar-refractivity contribution in [1.29, 1.82) is 5.26 Å². The molecule has 1 saturated heterocycles. The number of rotatable bonds is 2. The number of amides is 2. The van der Waals surface area contributed by atoms with Gasteiger partial charge in [-0.25, -0.2) is 4.79 Å². The molecule has 2 saturated carbocycles. The quantitative estimate of drug-likeness (QED) is 0.847. The fourth-order valence-electron chi connectivity index (χ4n) is 4.41. The van der Waals surface area contributed by atoms with Gasteiger partial charge in [0.15, 0.2) is 5.60 Å². The van der Waals surface area contributed by atoms with E-state index in [9.17, 15) is 4.79 Å². The van der Waals surface area contributed by atoms with E-state index in [1.807, 2.05) is 0 Å². The highest BCUT2D eigenvalue weighted by Crippen LogP contribution is 2.49. The molecule has 21 heavy (non-hydrogen) atoms. The molecule has 0 aromatic carbocycles. The lowest BCUT2D eigenvalue weighted by molar-refractivity contribution is -0.0497. The molecule has 0 aromatic heterocycles. The summed E-state index contributed by atoms with van der Waals surface area (Å²) in [5.41, 5.74) is -0.870. The molecule has 3 aliphatic rings. The molecular weight excluding hydrogens is 266 g/mol. The van der Waals surface area contributed by atoms with E-state index >= 15 is 0 Å². The summed E-state index contributed by atoms with van der Waals surface area (Å²) in [6.45, 7) is 5.21. The van der Waals surface area contributed by atoms with E-state index in [2.05, 4.69) is 18.3 Å². The van der Waals surface area contributed by atoms with Crippen molar-refractivity contribution in [2.75, 3.05) is 19.7 Å². The second kappa shape index (κ2) is 5.49. The Morgan fingerprint density at radius 2 is 2.29 bits per heavy atom. The summed E-state index contributed by atoms with van der Waals surface area (Å²) in [4.78, 5) is 14.1. The van der Waals surface area contributed by atoms with Crippen LogP contribution in [0.25, 0.3) is 0 Å². The number of nitrogens with zero attached hydrogens (tertiary/aromatic N) is 2. The first-order valence-corrected chi connectivity index (χ1v) is 8.11. The highest BCUT2D eigenvalue weighted by atomic mass is 16.5. The van der Waals surface area contributed by atoms with Gasteiger partial charge in [0.25, 0.3) is 0 Å². The zero-order valence-electron chi connectivity index (χ0n) is 13.0. The van der Waals surface area contributed by atoms with E-state index in [0.717, 1.165) is 11.8 Å². The molecule has 1 heterocycles. The van der Waals surface area contributed by atoms with E-state index in [1.165, 1.54) is 25.7 Å². The molecule has 0 radical (unpaired) electrons. The maximum atomic E-state index is 12.4. The maximum absolute atomic E-state index is 12.4. The molecule has 3 fully saturated rings. The average molecular weight is 291 g/mol. The van der Waals surface area contributed by atoms with Crippen molar-refractivity contribution in [3.8, 4) is 6.07 Å². The number of carbonyl (C=O) groups is 1. The van der Waals surface area contributed by atoms with Gasteiger partial charge in [-0.2, -0.15) is 5.26 Å². The Balaban J connectivity index is 1.55. The van der Waals surface area contributed by atoms with Crippen LogP contribution in [0.2, 0.25) is 0 Å². The number of nitrogens with one attached hydrogen (secondary N) is 1. The van der Waals surface area contributed by atoms with Crippen LogP contribution in [0.4, 0.5) is 4.79 Å². The standard InChI is InChI=1S/C16H25N3O2/c1-11(14-8-12-3-4-13(14)7-12)18-15(20)19-5-6-21-16(2,9-17)10-19/h11-14H,3-8,10H2,1-2H3,(H,18,20). The lowest BCUT2D eigenvalue weighted by Gasteiger charge is -2.37. The van der Waals surface area contributed by atoms with Gasteiger partial charge in [0, 0.05) is 12.6 Å². The first-order valence-electron chi connectivity index (χ1n) is 8.11. The third kappa shape index (κ3) is 2.87. The van der Waals surface area contributed by atoms with Crippen LogP contribution >= 0.6 is 0 Å². The molecular formula is C16H25N3O2. The normalized spacial score (nSPS) is 39.9. The SMILES string of the molecule is CC(NC(=O)N1CCOC(C)(C#N)C1)C1CC2CCC1C2. The molecule has 116 valence electrons. The second-order valence-electron chi connectivity index (χ2n) is 7.19. The summed E-state index contributed by atoms with van der Waals surface area (Å²) >= 11 is 0. The second-order valence-corrected chi connectivity index (χ2v) is 7.19. The van der Waals surface area contributed by atoms with Crippen LogP contribution in [-0.2, 0) is 4.74 Å². The molecule has 1 N–H and O–H groups in total. The van der Waals surface area contributed by atoms with Crippen molar-refractivity contribution >= 4 is 6.03 Å². The van der Waals surface area contributed by atoms with Gasteiger partial charge in [-0.15, -0.1) is 0 Å². The molecule has 5 nitrogen and oxygen atoms in total. The number of fused-ring (bicyclic) bond motifs is 2. The number of morpholine rings is 1. The van der Waals surface area contributed by atoms with Crippen molar-refractivity contribution in [2.45, 2.75) is 51.2 Å². The zero-order chi connectivity index (χ0) is 15.0. The minimum Gasteiger partial charge on any atom is -0.357 e. The topological polar surface area (TPSA) is 65.4 Å². The van der Waals surface area contributed by atoms with Gasteiger partial charge in [0.1, 0.15) is 0 Å². The van der Waals surface area contributed by atoms with E-state index in [0.29, 0.717) is 25.6 Å². The predicted octanol–water partition coefficient (Wildman–Crippen LogP) is 2.14. The molecule has 5 heteroatoms. The Labute approximate surface area is 126 Å². The lowest BCUT2D eigenvalue weighted by atomic mass is 9.84. The Kier molecular flexibility index (Phi) is 3.83. The fourth-order valence-corrected chi connectivity index (χ4v) is 4.41. The van der Waals surface area contributed by atoms with E-state index < -0.39 is 5.60 Å². The first kappa shape index (κ1) is 14.6.